The minimum Gasteiger partial charge on any atom is -0.457 e. The van der Waals surface area contributed by atoms with E-state index in [-0.39, 0.29) is 0 Å². The van der Waals surface area contributed by atoms with Gasteiger partial charge in [-0.3, -0.25) is 0 Å². The van der Waals surface area contributed by atoms with Crippen LogP contribution >= 0.6 is 0 Å². The molecule has 1 aliphatic carbocycles. The lowest BCUT2D eigenvalue weighted by Gasteiger charge is -2.39. The fraction of sp³-hybridized carbons (Fsp3) is 0.0244. The molecule has 0 atom stereocenters. The molecule has 0 aromatic heterocycles. The molecular weight excluding hydrogens is 536 g/mol. The van der Waals surface area contributed by atoms with Gasteiger partial charge in [-0.1, -0.05) is 127 Å². The fourth-order valence-electron chi connectivity index (χ4n) is 6.86. The molecule has 0 unspecified atom stereocenters. The van der Waals surface area contributed by atoms with Crippen molar-refractivity contribution < 1.29 is 4.74 Å². The molecule has 0 amide bonds. The second kappa shape index (κ2) is 10.2. The molecule has 1 heterocycles. The number of hydrogen-bond donors (Lipinski definition) is 2. The first-order valence-electron chi connectivity index (χ1n) is 14.8. The molecule has 208 valence electrons. The van der Waals surface area contributed by atoms with E-state index in [2.05, 4.69) is 97.1 Å². The molecule has 3 heteroatoms. The highest BCUT2D eigenvalue weighted by Gasteiger charge is 2.50. The highest BCUT2D eigenvalue weighted by molar-refractivity contribution is 6.13. The molecule has 0 saturated carbocycles. The van der Waals surface area contributed by atoms with E-state index in [1.807, 2.05) is 48.5 Å². The second-order valence-corrected chi connectivity index (χ2v) is 11.3. The van der Waals surface area contributed by atoms with Gasteiger partial charge in [0, 0.05) is 11.1 Å². The Balaban J connectivity index is 1.20. The van der Waals surface area contributed by atoms with Crippen molar-refractivity contribution in [3.63, 3.8) is 0 Å². The van der Waals surface area contributed by atoms with Crippen molar-refractivity contribution in [2.75, 3.05) is 0 Å². The first kappa shape index (κ1) is 25.9. The number of fused-ring (bicyclic) bond motifs is 9. The standard InChI is InChI=1S/C41H28N2O/c42-37(28-10-2-1-3-11-28)23-24-38(43)29-20-18-27(19-21-29)30-22-25-40-36(26-30)41(35-16-8-9-17-39(35)44-40)33-14-6-4-12-31(33)32-13-5-7-15-34(32)41/h1-26,42-43H/b24-23-,42-37?,43-38?. The molecule has 0 saturated heterocycles. The summed E-state index contributed by atoms with van der Waals surface area (Å²) >= 11 is 0. The van der Waals surface area contributed by atoms with E-state index in [9.17, 15) is 0 Å². The molecule has 2 aliphatic rings. The summed E-state index contributed by atoms with van der Waals surface area (Å²) in [5.41, 5.74) is 11.4. The zero-order chi connectivity index (χ0) is 29.7. The number of rotatable bonds is 5. The minimum absolute atomic E-state index is 0.366. The predicted molar refractivity (Wildman–Crippen MR) is 178 cm³/mol. The summed E-state index contributed by atoms with van der Waals surface area (Å²) in [6, 6.07) is 50.1. The normalized spacial score (nSPS) is 13.5. The van der Waals surface area contributed by atoms with Gasteiger partial charge in [0.1, 0.15) is 11.5 Å². The van der Waals surface area contributed by atoms with E-state index in [4.69, 9.17) is 15.6 Å². The summed E-state index contributed by atoms with van der Waals surface area (Å²) < 4.78 is 6.56. The Bertz CT molecular complexity index is 2080. The summed E-state index contributed by atoms with van der Waals surface area (Å²) in [5.74, 6) is 1.75. The van der Waals surface area contributed by atoms with Gasteiger partial charge in [0.2, 0.25) is 0 Å². The van der Waals surface area contributed by atoms with Crippen LogP contribution in [0.3, 0.4) is 0 Å². The van der Waals surface area contributed by atoms with Gasteiger partial charge < -0.3 is 15.6 Å². The van der Waals surface area contributed by atoms with Gasteiger partial charge in [0.25, 0.3) is 0 Å². The molecule has 0 radical (unpaired) electrons. The maximum Gasteiger partial charge on any atom is 0.132 e. The van der Waals surface area contributed by atoms with Gasteiger partial charge in [-0.05, 0) is 74.9 Å². The van der Waals surface area contributed by atoms with Crippen molar-refractivity contribution >= 4 is 11.4 Å². The van der Waals surface area contributed by atoms with Crippen LogP contribution in [0.2, 0.25) is 0 Å². The number of allylic oxidation sites excluding steroid dienone is 2. The van der Waals surface area contributed by atoms with Crippen LogP contribution in [0, 0.1) is 10.8 Å². The Morgan fingerprint density at radius 3 is 1.61 bits per heavy atom. The third kappa shape index (κ3) is 3.90. The maximum atomic E-state index is 8.60. The molecule has 1 spiro atoms. The molecular formula is C41H28N2O. The zero-order valence-electron chi connectivity index (χ0n) is 23.9. The third-order valence-electron chi connectivity index (χ3n) is 8.88. The smallest absolute Gasteiger partial charge is 0.132 e. The quantitative estimate of drug-likeness (QED) is 0.201. The van der Waals surface area contributed by atoms with E-state index in [0.29, 0.717) is 11.4 Å². The summed E-state index contributed by atoms with van der Waals surface area (Å²) in [4.78, 5) is 0. The first-order valence-corrected chi connectivity index (χ1v) is 14.8. The number of nitrogens with one attached hydrogen (secondary N) is 2. The molecule has 8 rings (SSSR count). The number of ether oxygens (including phenoxy) is 1. The minimum atomic E-state index is -0.497. The number of hydrogen-bond acceptors (Lipinski definition) is 3. The van der Waals surface area contributed by atoms with Crippen LogP contribution in [-0.2, 0) is 5.41 Å². The van der Waals surface area contributed by atoms with E-state index in [1.165, 1.54) is 22.3 Å². The van der Waals surface area contributed by atoms with Crippen LogP contribution in [0.4, 0.5) is 0 Å². The van der Waals surface area contributed by atoms with Crippen LogP contribution in [-0.4, -0.2) is 11.4 Å². The Morgan fingerprint density at radius 2 is 0.955 bits per heavy atom. The zero-order valence-corrected chi connectivity index (χ0v) is 23.9. The van der Waals surface area contributed by atoms with Gasteiger partial charge in [-0.25, -0.2) is 0 Å². The van der Waals surface area contributed by atoms with E-state index < -0.39 is 5.41 Å². The van der Waals surface area contributed by atoms with Crippen molar-refractivity contribution in [3.05, 3.63) is 191 Å². The Morgan fingerprint density at radius 1 is 0.455 bits per heavy atom. The monoisotopic (exact) mass is 564 g/mol. The molecule has 1 aliphatic heterocycles. The van der Waals surface area contributed by atoms with Crippen LogP contribution < -0.4 is 4.74 Å². The second-order valence-electron chi connectivity index (χ2n) is 11.3. The highest BCUT2D eigenvalue weighted by atomic mass is 16.5. The molecule has 0 bridgehead atoms. The lowest BCUT2D eigenvalue weighted by atomic mass is 9.66. The maximum absolute atomic E-state index is 8.60. The van der Waals surface area contributed by atoms with Gasteiger partial charge >= 0.3 is 0 Å². The summed E-state index contributed by atoms with van der Waals surface area (Å²) in [6.07, 6.45) is 3.38. The van der Waals surface area contributed by atoms with Crippen molar-refractivity contribution in [1.82, 2.24) is 0 Å². The lowest BCUT2D eigenvalue weighted by molar-refractivity contribution is 0.436. The van der Waals surface area contributed by atoms with Crippen molar-refractivity contribution in [1.29, 1.82) is 10.8 Å². The predicted octanol–water partition coefficient (Wildman–Crippen LogP) is 9.81. The molecule has 6 aromatic rings. The van der Waals surface area contributed by atoms with Crippen LogP contribution in [0.1, 0.15) is 33.4 Å². The summed E-state index contributed by atoms with van der Waals surface area (Å²) in [7, 11) is 0. The van der Waals surface area contributed by atoms with Crippen LogP contribution in [0.15, 0.2) is 158 Å². The summed E-state index contributed by atoms with van der Waals surface area (Å²) in [5, 5.41) is 16.9. The molecule has 2 N–H and O–H groups in total. The van der Waals surface area contributed by atoms with Gasteiger partial charge in [0.15, 0.2) is 0 Å². The SMILES string of the molecule is N=C(/C=C\C(=N)c1ccc(-c2ccc3c(c2)C2(c4ccccc4O3)c3ccccc3-c3ccccc32)cc1)c1ccccc1. The number of benzene rings is 6. The van der Waals surface area contributed by atoms with Gasteiger partial charge in [0.05, 0.1) is 16.8 Å². The van der Waals surface area contributed by atoms with Crippen LogP contribution in [0.5, 0.6) is 11.5 Å². The molecule has 44 heavy (non-hydrogen) atoms. The average Bonchev–Trinajstić information content (AvgIpc) is 3.38. The summed E-state index contributed by atoms with van der Waals surface area (Å²) in [6.45, 7) is 0. The molecule has 3 nitrogen and oxygen atoms in total. The topological polar surface area (TPSA) is 56.9 Å². The van der Waals surface area contributed by atoms with E-state index >= 15 is 0 Å². The fourth-order valence-corrected chi connectivity index (χ4v) is 6.86. The van der Waals surface area contributed by atoms with Crippen LogP contribution in [0.25, 0.3) is 22.3 Å². The van der Waals surface area contributed by atoms with E-state index in [1.54, 1.807) is 12.2 Å². The van der Waals surface area contributed by atoms with Crippen molar-refractivity contribution in [2.24, 2.45) is 0 Å². The Hall–Kier alpha value is -5.80. The average molecular weight is 565 g/mol. The lowest BCUT2D eigenvalue weighted by Crippen LogP contribution is -2.32. The molecule has 6 aromatic carbocycles. The Kier molecular flexibility index (Phi) is 5.99. The molecule has 0 fully saturated rings. The van der Waals surface area contributed by atoms with Crippen molar-refractivity contribution in [2.45, 2.75) is 5.41 Å². The van der Waals surface area contributed by atoms with E-state index in [0.717, 1.165) is 44.9 Å². The van der Waals surface area contributed by atoms with Gasteiger partial charge in [-0.15, -0.1) is 0 Å². The number of para-hydroxylation sites is 1. The van der Waals surface area contributed by atoms with Crippen molar-refractivity contribution in [3.8, 4) is 33.8 Å². The Labute approximate surface area is 256 Å². The first-order chi connectivity index (χ1) is 21.6. The highest BCUT2D eigenvalue weighted by Crippen LogP contribution is 2.62. The third-order valence-corrected chi connectivity index (χ3v) is 8.88. The van der Waals surface area contributed by atoms with Gasteiger partial charge in [-0.2, -0.15) is 0 Å². The largest absolute Gasteiger partial charge is 0.457 e.